The summed E-state index contributed by atoms with van der Waals surface area (Å²) in [4.78, 5) is 4.06. The molecule has 1 aromatic heterocycles. The van der Waals surface area contributed by atoms with Crippen LogP contribution in [0.2, 0.25) is 0 Å². The van der Waals surface area contributed by atoms with E-state index in [1.54, 1.807) is 13.1 Å². The fraction of sp³-hybridized carbons (Fsp3) is 0.300. The average molecular weight is 240 g/mol. The van der Waals surface area contributed by atoms with Crippen molar-refractivity contribution in [2.24, 2.45) is 0 Å². The normalized spacial score (nSPS) is 11.8. The first kappa shape index (κ1) is 10.1. The molecule has 1 unspecified atom stereocenters. The Hall–Kier alpha value is -1.01. The van der Waals surface area contributed by atoms with E-state index in [0.717, 1.165) is 10.0 Å². The van der Waals surface area contributed by atoms with Crippen LogP contribution in [0.5, 0.6) is 5.88 Å². The largest absolute Gasteiger partial charge is 0.461 e. The molecule has 1 atom stereocenters. The first-order valence-corrected chi connectivity index (χ1v) is 4.67. The number of ether oxygens (including phenoxy) is 1. The Morgan fingerprint density at radius 2 is 2.38 bits per heavy atom. The second-order valence-electron chi connectivity index (χ2n) is 2.70. The molecule has 1 aromatic rings. The molecular weight excluding hydrogens is 230 g/mol. The summed E-state index contributed by atoms with van der Waals surface area (Å²) in [5, 5.41) is 0. The molecular formula is C10H10BrNO. The highest BCUT2D eigenvalue weighted by molar-refractivity contribution is 9.10. The molecule has 0 aliphatic heterocycles. The van der Waals surface area contributed by atoms with Crippen molar-refractivity contribution >= 4 is 15.9 Å². The van der Waals surface area contributed by atoms with Gasteiger partial charge in [0.25, 0.3) is 0 Å². The number of nitrogens with zero attached hydrogens (tertiary/aromatic N) is 1. The number of aromatic nitrogens is 1. The van der Waals surface area contributed by atoms with Gasteiger partial charge in [-0.3, -0.25) is 0 Å². The quantitative estimate of drug-likeness (QED) is 0.741. The van der Waals surface area contributed by atoms with E-state index in [4.69, 9.17) is 11.2 Å². The van der Waals surface area contributed by atoms with Crippen molar-refractivity contribution in [2.45, 2.75) is 20.0 Å². The molecule has 2 nitrogen and oxygen atoms in total. The standard InChI is InChI=1S/C10H10BrNO/c1-4-8(3)13-10-5-7(2)9(11)6-12-10/h1,5-6,8H,2-3H3. The third-order valence-corrected chi connectivity index (χ3v) is 2.38. The van der Waals surface area contributed by atoms with Gasteiger partial charge in [-0.05, 0) is 35.3 Å². The minimum atomic E-state index is -0.243. The van der Waals surface area contributed by atoms with Gasteiger partial charge in [-0.25, -0.2) is 4.98 Å². The molecule has 13 heavy (non-hydrogen) atoms. The van der Waals surface area contributed by atoms with Crippen LogP contribution in [0.3, 0.4) is 0 Å². The highest BCUT2D eigenvalue weighted by Crippen LogP contribution is 2.19. The SMILES string of the molecule is C#CC(C)Oc1cc(C)c(Br)cn1. The minimum Gasteiger partial charge on any atom is -0.461 e. The van der Waals surface area contributed by atoms with E-state index >= 15 is 0 Å². The zero-order valence-electron chi connectivity index (χ0n) is 7.54. The van der Waals surface area contributed by atoms with Gasteiger partial charge in [0.1, 0.15) is 0 Å². The van der Waals surface area contributed by atoms with E-state index in [1.165, 1.54) is 0 Å². The van der Waals surface area contributed by atoms with E-state index in [1.807, 2.05) is 13.0 Å². The maximum atomic E-state index is 5.33. The first-order valence-electron chi connectivity index (χ1n) is 3.88. The van der Waals surface area contributed by atoms with Gasteiger partial charge in [0.15, 0.2) is 6.10 Å². The second-order valence-corrected chi connectivity index (χ2v) is 3.55. The van der Waals surface area contributed by atoms with Crippen molar-refractivity contribution in [2.75, 3.05) is 0 Å². The molecule has 0 saturated carbocycles. The fourth-order valence-corrected chi connectivity index (χ4v) is 1.01. The summed E-state index contributed by atoms with van der Waals surface area (Å²) in [6, 6.07) is 1.85. The fourth-order valence-electron chi connectivity index (χ4n) is 0.793. The molecule has 0 spiro atoms. The molecule has 0 fully saturated rings. The lowest BCUT2D eigenvalue weighted by molar-refractivity contribution is 0.267. The summed E-state index contributed by atoms with van der Waals surface area (Å²) < 4.78 is 6.30. The van der Waals surface area contributed by atoms with Gasteiger partial charge in [0, 0.05) is 16.7 Å². The molecule has 0 aliphatic rings. The zero-order valence-corrected chi connectivity index (χ0v) is 9.13. The Kier molecular flexibility index (Phi) is 3.32. The van der Waals surface area contributed by atoms with Crippen LogP contribution in [0.15, 0.2) is 16.7 Å². The Bertz CT molecular complexity index is 343. The Balaban J connectivity index is 2.81. The van der Waals surface area contributed by atoms with Crippen LogP contribution in [0.4, 0.5) is 0 Å². The minimum absolute atomic E-state index is 0.243. The lowest BCUT2D eigenvalue weighted by atomic mass is 10.3. The predicted octanol–water partition coefficient (Wildman–Crippen LogP) is 2.55. The van der Waals surface area contributed by atoms with Crippen molar-refractivity contribution in [1.29, 1.82) is 0 Å². The lowest BCUT2D eigenvalue weighted by Crippen LogP contribution is -2.09. The number of aryl methyl sites for hydroxylation is 1. The van der Waals surface area contributed by atoms with Gasteiger partial charge in [-0.1, -0.05) is 5.92 Å². The van der Waals surface area contributed by atoms with Crippen LogP contribution in [-0.4, -0.2) is 11.1 Å². The molecule has 0 amide bonds. The number of terminal acetylenes is 1. The molecule has 0 aromatic carbocycles. The highest BCUT2D eigenvalue weighted by atomic mass is 79.9. The Morgan fingerprint density at radius 1 is 1.69 bits per heavy atom. The third-order valence-electron chi connectivity index (χ3n) is 1.55. The monoisotopic (exact) mass is 239 g/mol. The smallest absolute Gasteiger partial charge is 0.214 e. The first-order chi connectivity index (χ1) is 6.13. The Labute approximate surface area is 86.5 Å². The van der Waals surface area contributed by atoms with Gasteiger partial charge in [-0.15, -0.1) is 6.42 Å². The van der Waals surface area contributed by atoms with Crippen LogP contribution in [0.25, 0.3) is 0 Å². The van der Waals surface area contributed by atoms with Crippen LogP contribution >= 0.6 is 15.9 Å². The molecule has 0 saturated heterocycles. The summed E-state index contributed by atoms with van der Waals surface area (Å²) in [6.07, 6.45) is 6.64. The summed E-state index contributed by atoms with van der Waals surface area (Å²) in [5.41, 5.74) is 1.08. The topological polar surface area (TPSA) is 22.1 Å². The second kappa shape index (κ2) is 4.29. The van der Waals surface area contributed by atoms with Crippen molar-refractivity contribution in [3.05, 3.63) is 22.3 Å². The van der Waals surface area contributed by atoms with Gasteiger partial charge < -0.3 is 4.74 Å². The number of halogens is 1. The lowest BCUT2D eigenvalue weighted by Gasteiger charge is -2.08. The third kappa shape index (κ3) is 2.74. The molecule has 0 aliphatic carbocycles. The van der Waals surface area contributed by atoms with Gasteiger partial charge in [-0.2, -0.15) is 0 Å². The number of pyridine rings is 1. The predicted molar refractivity (Wildman–Crippen MR) is 55.6 cm³/mol. The van der Waals surface area contributed by atoms with Crippen LogP contribution in [0, 0.1) is 19.3 Å². The molecule has 1 rings (SSSR count). The van der Waals surface area contributed by atoms with E-state index in [2.05, 4.69) is 26.8 Å². The molecule has 0 radical (unpaired) electrons. The van der Waals surface area contributed by atoms with Crippen molar-refractivity contribution in [3.63, 3.8) is 0 Å². The maximum Gasteiger partial charge on any atom is 0.214 e. The number of rotatable bonds is 2. The number of hydrogen-bond donors (Lipinski definition) is 0. The van der Waals surface area contributed by atoms with Crippen molar-refractivity contribution < 1.29 is 4.74 Å². The van der Waals surface area contributed by atoms with Crippen LogP contribution in [-0.2, 0) is 0 Å². The summed E-state index contributed by atoms with van der Waals surface area (Å²) in [7, 11) is 0. The molecule has 68 valence electrons. The summed E-state index contributed by atoms with van der Waals surface area (Å²) >= 11 is 3.35. The van der Waals surface area contributed by atoms with Gasteiger partial charge in [0.2, 0.25) is 5.88 Å². The van der Waals surface area contributed by atoms with Gasteiger partial charge >= 0.3 is 0 Å². The van der Waals surface area contributed by atoms with E-state index in [9.17, 15) is 0 Å². The van der Waals surface area contributed by atoms with Gasteiger partial charge in [0.05, 0.1) is 0 Å². The number of hydrogen-bond acceptors (Lipinski definition) is 2. The molecule has 0 bridgehead atoms. The average Bonchev–Trinajstić information content (AvgIpc) is 2.11. The highest BCUT2D eigenvalue weighted by Gasteiger charge is 2.02. The maximum absolute atomic E-state index is 5.33. The molecule has 3 heteroatoms. The van der Waals surface area contributed by atoms with Crippen LogP contribution < -0.4 is 4.74 Å². The van der Waals surface area contributed by atoms with E-state index < -0.39 is 0 Å². The van der Waals surface area contributed by atoms with Crippen molar-refractivity contribution in [3.8, 4) is 18.2 Å². The van der Waals surface area contributed by atoms with Crippen LogP contribution in [0.1, 0.15) is 12.5 Å². The van der Waals surface area contributed by atoms with Crippen molar-refractivity contribution in [1.82, 2.24) is 4.98 Å². The zero-order chi connectivity index (χ0) is 9.84. The summed E-state index contributed by atoms with van der Waals surface area (Å²) in [5.74, 6) is 3.03. The molecule has 0 N–H and O–H groups in total. The summed E-state index contributed by atoms with van der Waals surface area (Å²) in [6.45, 7) is 3.78. The molecule has 1 heterocycles. The Morgan fingerprint density at radius 3 is 2.92 bits per heavy atom. The van der Waals surface area contributed by atoms with E-state index in [-0.39, 0.29) is 6.10 Å². The van der Waals surface area contributed by atoms with E-state index in [0.29, 0.717) is 5.88 Å².